The highest BCUT2D eigenvalue weighted by molar-refractivity contribution is 6.10. The van der Waals surface area contributed by atoms with Gasteiger partial charge in [-0.25, -0.2) is 0 Å². The average molecular weight is 714 g/mol. The molecule has 11 rings (SSSR count). The summed E-state index contributed by atoms with van der Waals surface area (Å²) in [6, 6.07) is 76.5. The molecular weight excluding hydrogens is 679 g/mol. The van der Waals surface area contributed by atoms with Gasteiger partial charge in [-0.1, -0.05) is 152 Å². The van der Waals surface area contributed by atoms with Crippen LogP contribution in [0.25, 0.3) is 87.6 Å². The number of hydrogen-bond donors (Lipinski definition) is 0. The second kappa shape index (κ2) is 13.2. The molecule has 0 N–H and O–H groups in total. The predicted molar refractivity (Wildman–Crippen MR) is 237 cm³/mol. The Morgan fingerprint density at radius 3 is 1.50 bits per heavy atom. The number of rotatable bonds is 6. The van der Waals surface area contributed by atoms with E-state index in [1.54, 1.807) is 0 Å². The predicted octanol–water partition coefficient (Wildman–Crippen LogP) is 15.5. The van der Waals surface area contributed by atoms with Gasteiger partial charge in [-0.05, 0) is 120 Å². The summed E-state index contributed by atoms with van der Waals surface area (Å²) in [6.07, 6.45) is 0. The maximum atomic E-state index is 6.37. The molecule has 1 heterocycles. The molecule has 0 fully saturated rings. The van der Waals surface area contributed by atoms with E-state index >= 15 is 0 Å². The second-order valence-electron chi connectivity index (χ2n) is 14.5. The molecule has 10 aromatic carbocycles. The lowest BCUT2D eigenvalue weighted by Crippen LogP contribution is -2.09. The summed E-state index contributed by atoms with van der Waals surface area (Å²) in [5, 5.41) is 9.77. The van der Waals surface area contributed by atoms with Crippen LogP contribution in [0.5, 0.6) is 0 Å². The zero-order valence-corrected chi connectivity index (χ0v) is 30.6. The Kier molecular flexibility index (Phi) is 7.53. The fourth-order valence-electron chi connectivity index (χ4n) is 8.43. The molecule has 0 aliphatic carbocycles. The Hall–Kier alpha value is -7.42. The summed E-state index contributed by atoms with van der Waals surface area (Å²) in [7, 11) is 0. The zero-order valence-electron chi connectivity index (χ0n) is 30.6. The van der Waals surface area contributed by atoms with Crippen LogP contribution in [0.2, 0.25) is 0 Å². The number of nitrogens with zero attached hydrogens (tertiary/aromatic N) is 1. The molecule has 11 aromatic rings. The van der Waals surface area contributed by atoms with Crippen molar-refractivity contribution in [3.05, 3.63) is 212 Å². The van der Waals surface area contributed by atoms with Crippen LogP contribution in [0.4, 0.5) is 17.1 Å². The normalized spacial score (nSPS) is 11.6. The molecular formula is C54H35NO. The Bertz CT molecular complexity index is 3230. The summed E-state index contributed by atoms with van der Waals surface area (Å²) in [5.41, 5.74) is 12.2. The van der Waals surface area contributed by atoms with E-state index in [4.69, 9.17) is 4.42 Å². The van der Waals surface area contributed by atoms with E-state index in [0.29, 0.717) is 0 Å². The summed E-state index contributed by atoms with van der Waals surface area (Å²) in [6.45, 7) is 0. The molecule has 2 nitrogen and oxygen atoms in total. The molecule has 0 amide bonds. The van der Waals surface area contributed by atoms with E-state index in [0.717, 1.165) is 39.0 Å². The van der Waals surface area contributed by atoms with Crippen LogP contribution in [0.1, 0.15) is 0 Å². The van der Waals surface area contributed by atoms with Gasteiger partial charge in [-0.15, -0.1) is 0 Å². The first-order valence-electron chi connectivity index (χ1n) is 19.2. The van der Waals surface area contributed by atoms with Crippen molar-refractivity contribution in [2.24, 2.45) is 0 Å². The molecule has 0 aliphatic rings. The first-order chi connectivity index (χ1) is 27.7. The van der Waals surface area contributed by atoms with E-state index in [1.165, 1.54) is 65.7 Å². The lowest BCUT2D eigenvalue weighted by molar-refractivity contribution is 0.669. The molecule has 1 aromatic heterocycles. The molecule has 0 aliphatic heterocycles. The van der Waals surface area contributed by atoms with Crippen molar-refractivity contribution in [2.75, 3.05) is 4.90 Å². The quantitative estimate of drug-likeness (QED) is 0.160. The fraction of sp³-hybridized carbons (Fsp3) is 0. The van der Waals surface area contributed by atoms with Crippen molar-refractivity contribution in [1.82, 2.24) is 0 Å². The first kappa shape index (κ1) is 32.0. The standard InChI is InChI=1S/C54H35NO/c1-2-9-36(10-3-1)40-23-30-49-42(33-40)17-18-43-34-41(24-31-50(43)49)37-19-25-44(26-20-37)55(46-29-32-52-51-14-6-7-16-53(51)56-54(52)35-46)45-27-21-39(22-28-45)48-15-8-12-38-11-4-5-13-47(38)48/h1-35H. The molecule has 0 saturated carbocycles. The van der Waals surface area contributed by atoms with Crippen LogP contribution < -0.4 is 4.90 Å². The van der Waals surface area contributed by atoms with Crippen LogP contribution in [-0.2, 0) is 0 Å². The van der Waals surface area contributed by atoms with E-state index in [2.05, 4.69) is 205 Å². The Morgan fingerprint density at radius 1 is 0.268 bits per heavy atom. The van der Waals surface area contributed by atoms with Crippen molar-refractivity contribution in [1.29, 1.82) is 0 Å². The van der Waals surface area contributed by atoms with Gasteiger partial charge in [0, 0.05) is 33.9 Å². The summed E-state index contributed by atoms with van der Waals surface area (Å²) >= 11 is 0. The lowest BCUT2D eigenvalue weighted by atomic mass is 9.95. The number of furan rings is 1. The third-order valence-electron chi connectivity index (χ3n) is 11.2. The van der Waals surface area contributed by atoms with Crippen molar-refractivity contribution in [3.8, 4) is 33.4 Å². The highest BCUT2D eigenvalue weighted by Gasteiger charge is 2.17. The Labute approximate surface area is 325 Å². The number of hydrogen-bond acceptors (Lipinski definition) is 2. The van der Waals surface area contributed by atoms with Crippen molar-refractivity contribution < 1.29 is 4.42 Å². The molecule has 0 spiro atoms. The topological polar surface area (TPSA) is 16.4 Å². The molecule has 0 atom stereocenters. The van der Waals surface area contributed by atoms with Gasteiger partial charge in [0.2, 0.25) is 0 Å². The van der Waals surface area contributed by atoms with E-state index < -0.39 is 0 Å². The largest absolute Gasteiger partial charge is 0.456 e. The van der Waals surface area contributed by atoms with Crippen LogP contribution in [0.3, 0.4) is 0 Å². The third-order valence-corrected chi connectivity index (χ3v) is 11.2. The zero-order chi connectivity index (χ0) is 37.0. The molecule has 0 saturated heterocycles. The maximum absolute atomic E-state index is 6.37. The lowest BCUT2D eigenvalue weighted by Gasteiger charge is -2.26. The highest BCUT2D eigenvalue weighted by atomic mass is 16.3. The van der Waals surface area contributed by atoms with Crippen LogP contribution in [0, 0.1) is 0 Å². The van der Waals surface area contributed by atoms with Crippen molar-refractivity contribution in [3.63, 3.8) is 0 Å². The van der Waals surface area contributed by atoms with Gasteiger partial charge in [-0.3, -0.25) is 0 Å². The average Bonchev–Trinajstić information content (AvgIpc) is 3.65. The summed E-state index contributed by atoms with van der Waals surface area (Å²) in [4.78, 5) is 2.32. The van der Waals surface area contributed by atoms with E-state index in [9.17, 15) is 0 Å². The number of fused-ring (bicyclic) bond motifs is 7. The Morgan fingerprint density at radius 2 is 0.786 bits per heavy atom. The van der Waals surface area contributed by atoms with Crippen LogP contribution >= 0.6 is 0 Å². The van der Waals surface area contributed by atoms with Crippen molar-refractivity contribution >= 4 is 71.3 Å². The van der Waals surface area contributed by atoms with Crippen molar-refractivity contribution in [2.45, 2.75) is 0 Å². The first-order valence-corrected chi connectivity index (χ1v) is 19.2. The minimum Gasteiger partial charge on any atom is -0.456 e. The Balaban J connectivity index is 0.969. The maximum Gasteiger partial charge on any atom is 0.137 e. The van der Waals surface area contributed by atoms with Gasteiger partial charge >= 0.3 is 0 Å². The van der Waals surface area contributed by atoms with Gasteiger partial charge in [0.15, 0.2) is 0 Å². The van der Waals surface area contributed by atoms with Gasteiger partial charge in [0.1, 0.15) is 11.2 Å². The van der Waals surface area contributed by atoms with E-state index in [-0.39, 0.29) is 0 Å². The fourth-order valence-corrected chi connectivity index (χ4v) is 8.43. The molecule has 262 valence electrons. The summed E-state index contributed by atoms with van der Waals surface area (Å²) < 4.78 is 6.37. The monoisotopic (exact) mass is 713 g/mol. The number of para-hydroxylation sites is 1. The van der Waals surface area contributed by atoms with Gasteiger partial charge in [-0.2, -0.15) is 0 Å². The molecule has 2 heteroatoms. The number of anilines is 3. The molecule has 0 unspecified atom stereocenters. The number of benzene rings is 10. The van der Waals surface area contributed by atoms with E-state index in [1.807, 2.05) is 12.1 Å². The third kappa shape index (κ3) is 5.51. The SMILES string of the molecule is c1ccc(-c2ccc3c(ccc4cc(-c5ccc(N(c6ccc(-c7cccc8ccccc78)cc6)c6ccc7c(c6)oc6ccccc67)cc5)ccc43)c2)cc1. The molecule has 56 heavy (non-hydrogen) atoms. The van der Waals surface area contributed by atoms with Gasteiger partial charge in [0.05, 0.1) is 0 Å². The summed E-state index contributed by atoms with van der Waals surface area (Å²) in [5.74, 6) is 0. The molecule has 0 bridgehead atoms. The van der Waals surface area contributed by atoms with Gasteiger partial charge in [0.25, 0.3) is 0 Å². The highest BCUT2D eigenvalue weighted by Crippen LogP contribution is 2.41. The second-order valence-corrected chi connectivity index (χ2v) is 14.5. The molecule has 0 radical (unpaired) electrons. The van der Waals surface area contributed by atoms with Crippen LogP contribution in [-0.4, -0.2) is 0 Å². The smallest absolute Gasteiger partial charge is 0.137 e. The minimum atomic E-state index is 0.873. The minimum absolute atomic E-state index is 0.873. The van der Waals surface area contributed by atoms with Crippen LogP contribution in [0.15, 0.2) is 217 Å². The van der Waals surface area contributed by atoms with Gasteiger partial charge < -0.3 is 9.32 Å².